The van der Waals surface area contributed by atoms with Crippen molar-refractivity contribution in [2.45, 2.75) is 27.3 Å². The molecule has 3 rings (SSSR count). The zero-order chi connectivity index (χ0) is 24.0. The Balaban J connectivity index is 1.52. The maximum absolute atomic E-state index is 12.3. The highest BCUT2D eigenvalue weighted by atomic mass is 16.5. The predicted molar refractivity (Wildman–Crippen MR) is 123 cm³/mol. The molecule has 0 fully saturated rings. The van der Waals surface area contributed by atoms with Gasteiger partial charge < -0.3 is 21.5 Å². The Morgan fingerprint density at radius 1 is 1.06 bits per heavy atom. The van der Waals surface area contributed by atoms with E-state index in [-0.39, 0.29) is 17.8 Å². The van der Waals surface area contributed by atoms with Crippen molar-refractivity contribution in [1.82, 2.24) is 25.5 Å². The number of tetrazole rings is 1. The van der Waals surface area contributed by atoms with E-state index in [1.807, 2.05) is 0 Å². The van der Waals surface area contributed by atoms with E-state index in [0.717, 1.165) is 5.56 Å². The van der Waals surface area contributed by atoms with Gasteiger partial charge in [0.2, 0.25) is 5.82 Å². The Morgan fingerprint density at radius 3 is 2.33 bits per heavy atom. The van der Waals surface area contributed by atoms with Gasteiger partial charge >= 0.3 is 5.97 Å². The fourth-order valence-electron chi connectivity index (χ4n) is 2.59. The van der Waals surface area contributed by atoms with E-state index in [4.69, 9.17) is 16.2 Å². The number of amides is 1. The van der Waals surface area contributed by atoms with Gasteiger partial charge in [-0.15, -0.1) is 10.2 Å². The topological polar surface area (TPSA) is 163 Å². The van der Waals surface area contributed by atoms with Gasteiger partial charge in [-0.05, 0) is 74.5 Å². The van der Waals surface area contributed by atoms with Crippen LogP contribution in [0.4, 0.5) is 5.69 Å². The Bertz CT molecular complexity index is 1140. The number of ether oxygens (including phenoxy) is 1. The molecule has 0 aliphatic heterocycles. The lowest BCUT2D eigenvalue weighted by molar-refractivity contribution is -0.143. The minimum atomic E-state index is -0.588. The maximum atomic E-state index is 12.3. The van der Waals surface area contributed by atoms with Crippen molar-refractivity contribution in [3.05, 3.63) is 54.1 Å². The number of aromatic nitrogens is 4. The van der Waals surface area contributed by atoms with E-state index in [9.17, 15) is 9.59 Å². The first-order valence-corrected chi connectivity index (χ1v) is 10.2. The first-order chi connectivity index (χ1) is 15.6. The van der Waals surface area contributed by atoms with E-state index in [1.54, 1.807) is 69.3 Å². The van der Waals surface area contributed by atoms with Gasteiger partial charge in [-0.25, -0.2) is 4.99 Å². The quantitative estimate of drug-likeness (QED) is 0.212. The van der Waals surface area contributed by atoms with Crippen LogP contribution in [0.1, 0.15) is 31.1 Å². The summed E-state index contributed by atoms with van der Waals surface area (Å²) < 4.78 is 5.35. The lowest BCUT2D eigenvalue weighted by Gasteiger charge is -2.16. The van der Waals surface area contributed by atoms with E-state index in [0.29, 0.717) is 35.9 Å². The van der Waals surface area contributed by atoms with Gasteiger partial charge in [-0.1, -0.05) is 0 Å². The molecular formula is C22H26N8O3. The molecule has 1 amide bonds. The molecular weight excluding hydrogens is 424 g/mol. The van der Waals surface area contributed by atoms with E-state index >= 15 is 0 Å². The summed E-state index contributed by atoms with van der Waals surface area (Å²) in [5.41, 5.74) is 11.8. The molecule has 1 aromatic heterocycles. The van der Waals surface area contributed by atoms with Crippen LogP contribution >= 0.6 is 0 Å². The van der Waals surface area contributed by atoms with Gasteiger partial charge in [0.15, 0.2) is 5.96 Å². The van der Waals surface area contributed by atoms with Crippen LogP contribution in [0.3, 0.4) is 0 Å². The summed E-state index contributed by atoms with van der Waals surface area (Å²) in [5, 5.41) is 15.1. The Hall–Kier alpha value is -4.28. The van der Waals surface area contributed by atoms with Crippen LogP contribution in [0.2, 0.25) is 0 Å². The van der Waals surface area contributed by atoms with Crippen molar-refractivity contribution in [2.24, 2.45) is 21.9 Å². The number of hydrogen-bond donors (Lipinski definition) is 3. The van der Waals surface area contributed by atoms with Crippen LogP contribution in [0.5, 0.6) is 5.75 Å². The summed E-state index contributed by atoms with van der Waals surface area (Å²) in [6.45, 7) is 6.02. The highest BCUT2D eigenvalue weighted by Crippen LogP contribution is 2.22. The van der Waals surface area contributed by atoms with Gasteiger partial charge in [-0.2, -0.15) is 4.80 Å². The summed E-state index contributed by atoms with van der Waals surface area (Å²) in [6, 6.07) is 13.4. The van der Waals surface area contributed by atoms with Gasteiger partial charge in [0.05, 0.1) is 17.6 Å². The first-order valence-electron chi connectivity index (χ1n) is 10.2. The third kappa shape index (κ3) is 6.60. The molecule has 0 radical (unpaired) electrons. The van der Waals surface area contributed by atoms with E-state index < -0.39 is 5.41 Å². The molecule has 0 saturated heterocycles. The monoisotopic (exact) mass is 450 g/mol. The standard InChI is InChI=1S/C22H26N8O3/c1-22(2,3)20(32)33-17-10-6-14(7-11-17)18-27-29-30(28-18)13-12-25-19(31)15-4-8-16(9-5-15)26-21(23)24/h4-11H,12-13H2,1-3H3,(H,25,31)(H4,23,24,26). The largest absolute Gasteiger partial charge is 0.426 e. The summed E-state index contributed by atoms with van der Waals surface area (Å²) in [6.07, 6.45) is 0. The Kier molecular flexibility index (Phi) is 7.01. The van der Waals surface area contributed by atoms with Gasteiger partial charge in [0, 0.05) is 17.7 Å². The summed E-state index contributed by atoms with van der Waals surface area (Å²) in [7, 11) is 0. The van der Waals surface area contributed by atoms with E-state index in [2.05, 4.69) is 25.7 Å². The number of nitrogens with zero attached hydrogens (tertiary/aromatic N) is 5. The molecule has 0 unspecified atom stereocenters. The zero-order valence-corrected chi connectivity index (χ0v) is 18.6. The molecule has 11 heteroatoms. The van der Waals surface area contributed by atoms with Crippen LogP contribution in [0, 0.1) is 5.41 Å². The fourth-order valence-corrected chi connectivity index (χ4v) is 2.59. The summed E-state index contributed by atoms with van der Waals surface area (Å²) >= 11 is 0. The molecule has 33 heavy (non-hydrogen) atoms. The minimum absolute atomic E-state index is 0.0492. The van der Waals surface area contributed by atoms with Crippen LogP contribution in [0.25, 0.3) is 11.4 Å². The zero-order valence-electron chi connectivity index (χ0n) is 18.6. The molecule has 1 heterocycles. The van der Waals surface area contributed by atoms with Crippen molar-refractivity contribution in [2.75, 3.05) is 6.54 Å². The maximum Gasteiger partial charge on any atom is 0.316 e. The molecule has 0 atom stereocenters. The Labute approximate surface area is 190 Å². The lowest BCUT2D eigenvalue weighted by atomic mass is 9.97. The number of guanidine groups is 1. The number of carbonyl (C=O) groups excluding carboxylic acids is 2. The molecule has 172 valence electrons. The average molecular weight is 451 g/mol. The lowest BCUT2D eigenvalue weighted by Crippen LogP contribution is -2.27. The van der Waals surface area contributed by atoms with Gasteiger partial charge in [0.25, 0.3) is 5.91 Å². The number of rotatable bonds is 7. The number of esters is 1. The number of benzene rings is 2. The molecule has 0 aliphatic carbocycles. The van der Waals surface area contributed by atoms with Crippen molar-refractivity contribution in [3.63, 3.8) is 0 Å². The third-order valence-electron chi connectivity index (χ3n) is 4.37. The number of hydrogen-bond acceptors (Lipinski definition) is 7. The second-order valence-electron chi connectivity index (χ2n) is 8.21. The molecule has 0 spiro atoms. The summed E-state index contributed by atoms with van der Waals surface area (Å²) in [5.74, 6) is 0.260. The molecule has 0 bridgehead atoms. The number of aliphatic imine (C=N–C) groups is 1. The molecule has 3 aromatic rings. The molecule has 2 aromatic carbocycles. The Morgan fingerprint density at radius 2 is 1.73 bits per heavy atom. The molecule has 0 aliphatic rings. The fraction of sp³-hybridized carbons (Fsp3) is 0.273. The second kappa shape index (κ2) is 9.90. The van der Waals surface area contributed by atoms with Crippen molar-refractivity contribution < 1.29 is 14.3 Å². The molecule has 5 N–H and O–H groups in total. The predicted octanol–water partition coefficient (Wildman–Crippen LogP) is 1.63. The minimum Gasteiger partial charge on any atom is -0.426 e. The van der Waals surface area contributed by atoms with Gasteiger partial charge in [-0.3, -0.25) is 9.59 Å². The summed E-state index contributed by atoms with van der Waals surface area (Å²) in [4.78, 5) is 29.5. The molecule has 0 saturated carbocycles. The average Bonchev–Trinajstić information content (AvgIpc) is 3.22. The molecule has 11 nitrogen and oxygen atoms in total. The van der Waals surface area contributed by atoms with Gasteiger partial charge in [0.1, 0.15) is 5.75 Å². The van der Waals surface area contributed by atoms with Crippen LogP contribution in [0.15, 0.2) is 53.5 Å². The van der Waals surface area contributed by atoms with E-state index in [1.165, 1.54) is 4.80 Å². The normalized spacial score (nSPS) is 11.0. The number of nitrogens with one attached hydrogen (secondary N) is 1. The number of nitrogens with two attached hydrogens (primary N) is 2. The smallest absolute Gasteiger partial charge is 0.316 e. The van der Waals surface area contributed by atoms with Crippen molar-refractivity contribution in [3.8, 4) is 17.1 Å². The van der Waals surface area contributed by atoms with Crippen molar-refractivity contribution in [1.29, 1.82) is 0 Å². The SMILES string of the molecule is CC(C)(C)C(=O)Oc1ccc(-c2nnn(CCNC(=O)c3ccc(N=C(N)N)cc3)n2)cc1. The van der Waals surface area contributed by atoms with Crippen LogP contribution < -0.4 is 21.5 Å². The number of carbonyl (C=O) groups is 2. The third-order valence-corrected chi connectivity index (χ3v) is 4.37. The van der Waals surface area contributed by atoms with Crippen molar-refractivity contribution >= 4 is 23.5 Å². The highest BCUT2D eigenvalue weighted by molar-refractivity contribution is 5.94. The highest BCUT2D eigenvalue weighted by Gasteiger charge is 2.23. The van der Waals surface area contributed by atoms with Crippen LogP contribution in [-0.2, 0) is 11.3 Å². The second-order valence-corrected chi connectivity index (χ2v) is 8.21. The first kappa shape index (κ1) is 23.4. The van der Waals surface area contributed by atoms with Crippen LogP contribution in [-0.4, -0.2) is 44.6 Å².